The topological polar surface area (TPSA) is 58.1 Å². The van der Waals surface area contributed by atoms with E-state index in [4.69, 9.17) is 26.1 Å². The lowest BCUT2D eigenvalue weighted by Crippen LogP contribution is -2.45. The number of ether oxygens (including phenoxy) is 2. The first-order chi connectivity index (χ1) is 13.6. The van der Waals surface area contributed by atoms with Crippen LogP contribution in [0.15, 0.2) is 23.2 Å². The van der Waals surface area contributed by atoms with Crippen LogP contribution in [-0.2, 0) is 9.47 Å². The number of nitrogens with zero attached hydrogens (tertiary/aromatic N) is 2. The highest BCUT2D eigenvalue weighted by atomic mass is 35.5. The van der Waals surface area contributed by atoms with Crippen molar-refractivity contribution in [2.45, 2.75) is 32.4 Å². The van der Waals surface area contributed by atoms with Crippen LogP contribution >= 0.6 is 11.6 Å². The number of halogens is 2. The summed E-state index contributed by atoms with van der Waals surface area (Å²) in [6.45, 7) is 8.66. The standard InChI is InChI=1S/C20H32ClFN4O2/c1-4-23-20(24-9-6-11-27-3)25-13-18(26-10-12-28-15(2)14-26)19-16(21)7-5-8-17(19)22/h5,7-8,15,18H,4,6,9-14H2,1-3H3,(H2,23,24,25). The summed E-state index contributed by atoms with van der Waals surface area (Å²) in [7, 11) is 1.69. The Hall–Kier alpha value is -1.41. The van der Waals surface area contributed by atoms with Crippen molar-refractivity contribution in [1.29, 1.82) is 0 Å². The SMILES string of the molecule is CCNC(=NCC(c1c(F)cccc1Cl)N1CCOC(C)C1)NCCCOC. The summed E-state index contributed by atoms with van der Waals surface area (Å²) >= 11 is 6.38. The first-order valence-electron chi connectivity index (χ1n) is 9.87. The largest absolute Gasteiger partial charge is 0.385 e. The molecule has 158 valence electrons. The molecule has 2 atom stereocenters. The van der Waals surface area contributed by atoms with Crippen LogP contribution in [0, 0.1) is 5.82 Å². The van der Waals surface area contributed by atoms with Crippen molar-refractivity contribution in [3.63, 3.8) is 0 Å². The van der Waals surface area contributed by atoms with E-state index in [0.29, 0.717) is 49.4 Å². The highest BCUT2D eigenvalue weighted by Gasteiger charge is 2.29. The monoisotopic (exact) mass is 414 g/mol. The number of aliphatic imine (C=N–C) groups is 1. The smallest absolute Gasteiger partial charge is 0.191 e. The van der Waals surface area contributed by atoms with Gasteiger partial charge in [-0.05, 0) is 32.4 Å². The van der Waals surface area contributed by atoms with E-state index >= 15 is 0 Å². The van der Waals surface area contributed by atoms with Gasteiger partial charge in [-0.1, -0.05) is 17.7 Å². The van der Waals surface area contributed by atoms with Crippen LogP contribution in [-0.4, -0.2) is 70.0 Å². The van der Waals surface area contributed by atoms with Gasteiger partial charge in [0.25, 0.3) is 0 Å². The van der Waals surface area contributed by atoms with E-state index in [-0.39, 0.29) is 18.0 Å². The fraction of sp³-hybridized carbons (Fsp3) is 0.650. The third kappa shape index (κ3) is 6.88. The minimum absolute atomic E-state index is 0.0891. The molecule has 8 heteroatoms. The average molecular weight is 415 g/mol. The van der Waals surface area contributed by atoms with Gasteiger partial charge in [0, 0.05) is 50.5 Å². The maximum absolute atomic E-state index is 14.7. The Kier molecular flexibility index (Phi) is 9.98. The number of hydrogen-bond donors (Lipinski definition) is 2. The Balaban J connectivity index is 2.20. The van der Waals surface area contributed by atoms with Crippen LogP contribution in [0.5, 0.6) is 0 Å². The summed E-state index contributed by atoms with van der Waals surface area (Å²) in [6.07, 6.45) is 0.968. The first-order valence-corrected chi connectivity index (χ1v) is 10.2. The van der Waals surface area contributed by atoms with Crippen LogP contribution in [0.25, 0.3) is 0 Å². The Morgan fingerprint density at radius 1 is 1.46 bits per heavy atom. The molecule has 0 radical (unpaired) electrons. The predicted molar refractivity (Wildman–Crippen MR) is 112 cm³/mol. The van der Waals surface area contributed by atoms with E-state index in [1.54, 1.807) is 19.2 Å². The lowest BCUT2D eigenvalue weighted by Gasteiger charge is -2.37. The zero-order valence-corrected chi connectivity index (χ0v) is 17.8. The highest BCUT2D eigenvalue weighted by Crippen LogP contribution is 2.31. The molecule has 0 aliphatic carbocycles. The number of rotatable bonds is 9. The van der Waals surface area contributed by atoms with Crippen LogP contribution < -0.4 is 10.6 Å². The lowest BCUT2D eigenvalue weighted by atomic mass is 10.0. The van der Waals surface area contributed by atoms with Crippen LogP contribution in [0.1, 0.15) is 31.9 Å². The normalized spacial score (nSPS) is 19.5. The average Bonchev–Trinajstić information content (AvgIpc) is 2.67. The van der Waals surface area contributed by atoms with Gasteiger partial charge in [-0.15, -0.1) is 0 Å². The number of hydrogen-bond acceptors (Lipinski definition) is 4. The van der Waals surface area contributed by atoms with Crippen molar-refractivity contribution in [2.24, 2.45) is 4.99 Å². The summed E-state index contributed by atoms with van der Waals surface area (Å²) in [4.78, 5) is 6.92. The molecule has 1 aliphatic rings. The van der Waals surface area contributed by atoms with E-state index in [1.165, 1.54) is 6.07 Å². The van der Waals surface area contributed by atoms with E-state index in [2.05, 4.69) is 15.5 Å². The van der Waals surface area contributed by atoms with Crippen molar-refractivity contribution >= 4 is 17.6 Å². The number of nitrogens with one attached hydrogen (secondary N) is 2. The molecule has 1 aromatic carbocycles. The maximum atomic E-state index is 14.7. The van der Waals surface area contributed by atoms with E-state index < -0.39 is 0 Å². The molecule has 0 amide bonds. The molecule has 1 fully saturated rings. The van der Waals surface area contributed by atoms with Crippen molar-refractivity contribution in [3.8, 4) is 0 Å². The fourth-order valence-electron chi connectivity index (χ4n) is 3.29. The number of morpholine rings is 1. The van der Waals surface area contributed by atoms with Gasteiger partial charge in [-0.2, -0.15) is 0 Å². The third-order valence-corrected chi connectivity index (χ3v) is 4.96. The van der Waals surface area contributed by atoms with Crippen LogP contribution in [0.4, 0.5) is 4.39 Å². The third-order valence-electron chi connectivity index (χ3n) is 4.63. The molecule has 0 aromatic heterocycles. The van der Waals surface area contributed by atoms with Gasteiger partial charge >= 0.3 is 0 Å². The first kappa shape index (κ1) is 22.9. The van der Waals surface area contributed by atoms with Gasteiger partial charge in [0.1, 0.15) is 5.82 Å². The van der Waals surface area contributed by atoms with Crippen molar-refractivity contribution in [3.05, 3.63) is 34.6 Å². The minimum atomic E-state index is -0.301. The second-order valence-electron chi connectivity index (χ2n) is 6.82. The minimum Gasteiger partial charge on any atom is -0.385 e. The van der Waals surface area contributed by atoms with Crippen LogP contribution in [0.2, 0.25) is 5.02 Å². The second-order valence-corrected chi connectivity index (χ2v) is 7.23. The Morgan fingerprint density at radius 2 is 2.29 bits per heavy atom. The van der Waals surface area contributed by atoms with E-state index in [9.17, 15) is 4.39 Å². The zero-order valence-electron chi connectivity index (χ0n) is 17.0. The zero-order chi connectivity index (χ0) is 20.4. The molecule has 1 aliphatic heterocycles. The lowest BCUT2D eigenvalue weighted by molar-refractivity contribution is -0.0336. The molecule has 28 heavy (non-hydrogen) atoms. The van der Waals surface area contributed by atoms with Crippen molar-refractivity contribution in [1.82, 2.24) is 15.5 Å². The molecule has 1 aromatic rings. The molecule has 0 saturated carbocycles. The molecule has 6 nitrogen and oxygen atoms in total. The maximum Gasteiger partial charge on any atom is 0.191 e. The molecule has 2 N–H and O–H groups in total. The van der Waals surface area contributed by atoms with Gasteiger partial charge in [-0.3, -0.25) is 9.89 Å². The van der Waals surface area contributed by atoms with Crippen molar-refractivity contribution in [2.75, 3.05) is 53.0 Å². The Bertz CT molecular complexity index is 612. The summed E-state index contributed by atoms with van der Waals surface area (Å²) in [5.74, 6) is 0.405. The second kappa shape index (κ2) is 12.2. The molecule has 0 bridgehead atoms. The molecular formula is C20H32ClFN4O2. The summed E-state index contributed by atoms with van der Waals surface area (Å²) < 4.78 is 25.4. The van der Waals surface area contributed by atoms with Crippen molar-refractivity contribution < 1.29 is 13.9 Å². The van der Waals surface area contributed by atoms with Gasteiger partial charge in [0.2, 0.25) is 0 Å². The van der Waals surface area contributed by atoms with Crippen LogP contribution in [0.3, 0.4) is 0 Å². The predicted octanol–water partition coefficient (Wildman–Crippen LogP) is 2.83. The Morgan fingerprint density at radius 3 is 2.96 bits per heavy atom. The van der Waals surface area contributed by atoms with Gasteiger partial charge in [0.05, 0.1) is 25.3 Å². The molecule has 1 saturated heterocycles. The quantitative estimate of drug-likeness (QED) is 0.369. The molecule has 0 spiro atoms. The van der Waals surface area contributed by atoms with E-state index in [1.807, 2.05) is 13.8 Å². The highest BCUT2D eigenvalue weighted by molar-refractivity contribution is 6.31. The fourth-order valence-corrected chi connectivity index (χ4v) is 3.58. The number of benzene rings is 1. The summed E-state index contributed by atoms with van der Waals surface area (Å²) in [5.41, 5.74) is 0.497. The molecule has 2 unspecified atom stereocenters. The summed E-state index contributed by atoms with van der Waals surface area (Å²) in [5, 5.41) is 6.96. The van der Waals surface area contributed by atoms with Gasteiger partial charge < -0.3 is 20.1 Å². The molecule has 1 heterocycles. The number of guanidine groups is 1. The molecule has 2 rings (SSSR count). The summed E-state index contributed by atoms with van der Waals surface area (Å²) in [6, 6.07) is 4.56. The van der Waals surface area contributed by atoms with Gasteiger partial charge in [0.15, 0.2) is 5.96 Å². The van der Waals surface area contributed by atoms with E-state index in [0.717, 1.165) is 19.5 Å². The van der Waals surface area contributed by atoms with Gasteiger partial charge in [-0.25, -0.2) is 4.39 Å². The Labute approximate surface area is 172 Å². The molecular weight excluding hydrogens is 383 g/mol. The number of methoxy groups -OCH3 is 1.